The smallest absolute Gasteiger partial charge is 0.273 e. The molecule has 2 heterocycles. The van der Waals surface area contributed by atoms with Gasteiger partial charge in [0.2, 0.25) is 11.8 Å². The van der Waals surface area contributed by atoms with Crippen molar-refractivity contribution in [1.82, 2.24) is 20.4 Å². The van der Waals surface area contributed by atoms with E-state index in [2.05, 4.69) is 45.7 Å². The van der Waals surface area contributed by atoms with Gasteiger partial charge in [-0.1, -0.05) is 25.3 Å². The largest absolute Gasteiger partial charge is 0.416 e. The Hall–Kier alpha value is -1.02. The van der Waals surface area contributed by atoms with E-state index in [-0.39, 0.29) is 10.4 Å². The van der Waals surface area contributed by atoms with Crippen LogP contribution >= 0.6 is 25.3 Å². The normalized spacial score (nSPS) is 10.7. The third-order valence-electron chi connectivity index (χ3n) is 1.47. The Morgan fingerprint density at radius 1 is 0.786 bits per heavy atom. The number of thiol groups is 2. The van der Waals surface area contributed by atoms with Gasteiger partial charge in [-0.05, 0) is 0 Å². The molecule has 8 heteroatoms. The van der Waals surface area contributed by atoms with Gasteiger partial charge in [-0.25, -0.2) is 0 Å². The van der Waals surface area contributed by atoms with Crippen LogP contribution in [0.3, 0.4) is 0 Å². The van der Waals surface area contributed by atoms with Crippen LogP contribution in [-0.4, -0.2) is 20.4 Å². The Kier molecular flexibility index (Phi) is 2.73. The van der Waals surface area contributed by atoms with Gasteiger partial charge >= 0.3 is 0 Å². The Bertz CT molecular complexity index is 387. The molecule has 0 aromatic carbocycles. The van der Waals surface area contributed by atoms with Crippen LogP contribution in [0.2, 0.25) is 0 Å². The number of nitrogens with zero attached hydrogens (tertiary/aromatic N) is 4. The van der Waals surface area contributed by atoms with Crippen molar-refractivity contribution in [3.63, 3.8) is 0 Å². The molecule has 14 heavy (non-hydrogen) atoms. The first-order valence-corrected chi connectivity index (χ1v) is 4.66. The highest BCUT2D eigenvalue weighted by Crippen LogP contribution is 2.09. The molecule has 0 amide bonds. The van der Waals surface area contributed by atoms with Crippen LogP contribution < -0.4 is 0 Å². The number of hydrogen-bond donors (Lipinski definition) is 2. The van der Waals surface area contributed by atoms with Crippen molar-refractivity contribution in [3.8, 4) is 0 Å². The molecule has 0 aliphatic heterocycles. The summed E-state index contributed by atoms with van der Waals surface area (Å²) in [5.74, 6) is 0.989. The molecule has 0 aliphatic rings. The molecule has 0 atom stereocenters. The molecule has 2 rings (SSSR count). The fourth-order valence-electron chi connectivity index (χ4n) is 0.905. The maximum atomic E-state index is 5.05. The van der Waals surface area contributed by atoms with Crippen molar-refractivity contribution in [2.24, 2.45) is 0 Å². The second-order valence-corrected chi connectivity index (χ2v) is 3.22. The zero-order valence-electron chi connectivity index (χ0n) is 6.91. The minimum Gasteiger partial charge on any atom is -0.416 e. The van der Waals surface area contributed by atoms with E-state index in [1.807, 2.05) is 0 Å². The van der Waals surface area contributed by atoms with E-state index < -0.39 is 0 Å². The molecule has 6 nitrogen and oxygen atoms in total. The van der Waals surface area contributed by atoms with E-state index in [1.165, 1.54) is 0 Å². The summed E-state index contributed by atoms with van der Waals surface area (Å²) < 4.78 is 10.1. The lowest BCUT2D eigenvalue weighted by Crippen LogP contribution is -1.91. The van der Waals surface area contributed by atoms with E-state index in [9.17, 15) is 0 Å². The van der Waals surface area contributed by atoms with Gasteiger partial charge in [-0.15, -0.1) is 20.4 Å². The molecule has 0 aliphatic carbocycles. The molecule has 0 N–H and O–H groups in total. The van der Waals surface area contributed by atoms with Gasteiger partial charge in [-0.2, -0.15) is 0 Å². The quantitative estimate of drug-likeness (QED) is 0.760. The van der Waals surface area contributed by atoms with Crippen LogP contribution in [0.25, 0.3) is 0 Å². The molecule has 2 aromatic heterocycles. The minimum atomic E-state index is 0.250. The molecule has 0 radical (unpaired) electrons. The number of aromatic nitrogens is 4. The third-order valence-corrected chi connectivity index (χ3v) is 1.83. The SMILES string of the molecule is Sc1nnc(CCc2nnc(S)o2)o1. The van der Waals surface area contributed by atoms with Crippen molar-refractivity contribution >= 4 is 25.3 Å². The summed E-state index contributed by atoms with van der Waals surface area (Å²) in [6.45, 7) is 0. The molecule has 0 saturated carbocycles. The lowest BCUT2D eigenvalue weighted by atomic mass is 10.3. The van der Waals surface area contributed by atoms with Crippen LogP contribution in [0.15, 0.2) is 19.3 Å². The Balaban J connectivity index is 1.94. The van der Waals surface area contributed by atoms with E-state index >= 15 is 0 Å². The van der Waals surface area contributed by atoms with Crippen molar-refractivity contribution in [2.75, 3.05) is 0 Å². The fraction of sp³-hybridized carbons (Fsp3) is 0.333. The van der Waals surface area contributed by atoms with Crippen molar-refractivity contribution in [2.45, 2.75) is 23.3 Å². The zero-order chi connectivity index (χ0) is 9.97. The summed E-state index contributed by atoms with van der Waals surface area (Å²) in [5, 5.41) is 15.2. The summed E-state index contributed by atoms with van der Waals surface area (Å²) in [6.07, 6.45) is 1.09. The van der Waals surface area contributed by atoms with Gasteiger partial charge in [0, 0.05) is 12.8 Å². The number of rotatable bonds is 3. The Morgan fingerprint density at radius 2 is 1.21 bits per heavy atom. The first kappa shape index (κ1) is 9.53. The predicted molar refractivity (Wildman–Crippen MR) is 50.5 cm³/mol. The topological polar surface area (TPSA) is 77.8 Å². The highest BCUT2D eigenvalue weighted by Gasteiger charge is 2.07. The second-order valence-electron chi connectivity index (χ2n) is 2.46. The second kappa shape index (κ2) is 4.01. The first-order chi connectivity index (χ1) is 6.74. The maximum absolute atomic E-state index is 5.05. The highest BCUT2D eigenvalue weighted by molar-refractivity contribution is 7.80. The lowest BCUT2D eigenvalue weighted by Gasteiger charge is -1.88. The van der Waals surface area contributed by atoms with Crippen molar-refractivity contribution in [3.05, 3.63) is 11.8 Å². The van der Waals surface area contributed by atoms with Crippen molar-refractivity contribution in [1.29, 1.82) is 0 Å². The lowest BCUT2D eigenvalue weighted by molar-refractivity contribution is 0.388. The van der Waals surface area contributed by atoms with Crippen LogP contribution in [0, 0.1) is 0 Å². The van der Waals surface area contributed by atoms with Crippen LogP contribution in [0.1, 0.15) is 11.8 Å². The monoisotopic (exact) mass is 230 g/mol. The van der Waals surface area contributed by atoms with Gasteiger partial charge in [0.05, 0.1) is 0 Å². The predicted octanol–water partition coefficient (Wildman–Crippen LogP) is 0.815. The molecule has 0 spiro atoms. The standard InChI is InChI=1S/C6H6N4O2S2/c13-5-9-7-3(11-5)1-2-4-8-10-6(14)12-4/h1-2H2,(H,9,13)(H,10,14). The highest BCUT2D eigenvalue weighted by atomic mass is 32.1. The Labute approximate surface area is 89.9 Å². The van der Waals surface area contributed by atoms with Gasteiger partial charge in [0.25, 0.3) is 10.4 Å². The summed E-state index contributed by atoms with van der Waals surface area (Å²) in [4.78, 5) is 0. The maximum Gasteiger partial charge on any atom is 0.273 e. The molecule has 0 unspecified atom stereocenters. The number of aryl methyl sites for hydroxylation is 2. The van der Waals surface area contributed by atoms with Gasteiger partial charge in [-0.3, -0.25) is 0 Å². The number of hydrogen-bond acceptors (Lipinski definition) is 8. The minimum absolute atomic E-state index is 0.250. The molecular formula is C6H6N4O2S2. The summed E-state index contributed by atoms with van der Waals surface area (Å²) in [7, 11) is 0. The molecular weight excluding hydrogens is 224 g/mol. The summed E-state index contributed by atoms with van der Waals surface area (Å²) in [6, 6.07) is 0. The summed E-state index contributed by atoms with van der Waals surface area (Å²) in [5.41, 5.74) is 0. The fourth-order valence-corrected chi connectivity index (χ4v) is 1.21. The van der Waals surface area contributed by atoms with Crippen LogP contribution in [0.5, 0.6) is 0 Å². The van der Waals surface area contributed by atoms with E-state index in [0.717, 1.165) is 0 Å². The molecule has 2 aromatic rings. The average molecular weight is 230 g/mol. The molecule has 74 valence electrons. The molecule has 0 bridgehead atoms. The van der Waals surface area contributed by atoms with E-state index in [4.69, 9.17) is 8.83 Å². The molecule has 0 saturated heterocycles. The Morgan fingerprint density at radius 3 is 1.50 bits per heavy atom. The zero-order valence-corrected chi connectivity index (χ0v) is 8.70. The van der Waals surface area contributed by atoms with Crippen LogP contribution in [-0.2, 0) is 12.8 Å². The average Bonchev–Trinajstić information content (AvgIpc) is 2.72. The molecule has 0 fully saturated rings. The van der Waals surface area contributed by atoms with Gasteiger partial charge in [0.1, 0.15) is 0 Å². The van der Waals surface area contributed by atoms with Gasteiger partial charge < -0.3 is 8.83 Å². The van der Waals surface area contributed by atoms with E-state index in [0.29, 0.717) is 24.6 Å². The third kappa shape index (κ3) is 2.26. The van der Waals surface area contributed by atoms with E-state index in [1.54, 1.807) is 0 Å². The van der Waals surface area contributed by atoms with Crippen molar-refractivity contribution < 1.29 is 8.83 Å². The summed E-state index contributed by atoms with van der Waals surface area (Å²) >= 11 is 7.77. The van der Waals surface area contributed by atoms with Gasteiger partial charge in [0.15, 0.2) is 0 Å². The first-order valence-electron chi connectivity index (χ1n) is 3.77. The van der Waals surface area contributed by atoms with Crippen LogP contribution in [0.4, 0.5) is 0 Å².